The van der Waals surface area contributed by atoms with E-state index in [9.17, 15) is 4.79 Å². The maximum Gasteiger partial charge on any atom is 0.239 e. The zero-order chi connectivity index (χ0) is 13.7. The van der Waals surface area contributed by atoms with Crippen molar-refractivity contribution in [2.75, 3.05) is 19.1 Å². The van der Waals surface area contributed by atoms with Crippen molar-refractivity contribution in [2.24, 2.45) is 5.73 Å². The first-order valence-electron chi connectivity index (χ1n) is 5.88. The van der Waals surface area contributed by atoms with E-state index < -0.39 is 6.04 Å². The summed E-state index contributed by atoms with van der Waals surface area (Å²) in [4.78, 5) is 13.7. The molecule has 5 nitrogen and oxygen atoms in total. The van der Waals surface area contributed by atoms with Crippen LogP contribution in [0.3, 0.4) is 0 Å². The second-order valence-electron chi connectivity index (χ2n) is 4.38. The van der Waals surface area contributed by atoms with Gasteiger partial charge in [0.25, 0.3) is 0 Å². The van der Waals surface area contributed by atoms with Gasteiger partial charge in [-0.05, 0) is 32.3 Å². The van der Waals surface area contributed by atoms with Crippen molar-refractivity contribution < 1.29 is 9.32 Å². The zero-order valence-corrected chi connectivity index (χ0v) is 12.2. The maximum absolute atomic E-state index is 12.0. The van der Waals surface area contributed by atoms with Crippen molar-refractivity contribution in [3.05, 3.63) is 17.0 Å². The number of hydrogen-bond acceptors (Lipinski definition) is 5. The Labute approximate surface area is 112 Å². The van der Waals surface area contributed by atoms with Gasteiger partial charge in [-0.2, -0.15) is 11.8 Å². The summed E-state index contributed by atoms with van der Waals surface area (Å²) in [6.45, 7) is 4.21. The quantitative estimate of drug-likeness (QED) is 0.845. The van der Waals surface area contributed by atoms with Crippen molar-refractivity contribution >= 4 is 17.7 Å². The topological polar surface area (TPSA) is 72.4 Å². The van der Waals surface area contributed by atoms with Gasteiger partial charge in [-0.25, -0.2) is 0 Å². The molecule has 1 aromatic heterocycles. The highest BCUT2D eigenvalue weighted by atomic mass is 32.2. The molecule has 0 aliphatic rings. The molecule has 0 aliphatic carbocycles. The Balaban J connectivity index is 2.60. The van der Waals surface area contributed by atoms with Crippen molar-refractivity contribution in [3.8, 4) is 0 Å². The summed E-state index contributed by atoms with van der Waals surface area (Å²) in [5, 5.41) is 3.88. The predicted molar refractivity (Wildman–Crippen MR) is 73.4 cm³/mol. The molecule has 0 radical (unpaired) electrons. The van der Waals surface area contributed by atoms with Gasteiger partial charge in [0.1, 0.15) is 5.76 Å². The summed E-state index contributed by atoms with van der Waals surface area (Å²) in [6.07, 6.45) is 2.71. The minimum Gasteiger partial charge on any atom is -0.361 e. The van der Waals surface area contributed by atoms with Crippen LogP contribution in [-0.2, 0) is 11.3 Å². The Morgan fingerprint density at radius 2 is 2.22 bits per heavy atom. The Hall–Kier alpha value is -1.01. The fourth-order valence-electron chi connectivity index (χ4n) is 1.69. The van der Waals surface area contributed by atoms with Crippen molar-refractivity contribution in [3.63, 3.8) is 0 Å². The van der Waals surface area contributed by atoms with Crippen molar-refractivity contribution in [2.45, 2.75) is 32.9 Å². The van der Waals surface area contributed by atoms with Crippen LogP contribution < -0.4 is 5.73 Å². The molecule has 6 heteroatoms. The Kier molecular flexibility index (Phi) is 5.68. The maximum atomic E-state index is 12.0. The molecule has 0 aromatic carbocycles. The van der Waals surface area contributed by atoms with Gasteiger partial charge in [-0.1, -0.05) is 5.16 Å². The first-order chi connectivity index (χ1) is 8.47. The average Bonchev–Trinajstić information content (AvgIpc) is 2.66. The van der Waals surface area contributed by atoms with E-state index in [4.69, 9.17) is 10.3 Å². The number of thioether (sulfide) groups is 1. The lowest BCUT2D eigenvalue weighted by Gasteiger charge is -2.21. The minimum atomic E-state index is -0.428. The van der Waals surface area contributed by atoms with Crippen LogP contribution in [0, 0.1) is 13.8 Å². The van der Waals surface area contributed by atoms with E-state index in [2.05, 4.69) is 5.16 Å². The van der Waals surface area contributed by atoms with Crippen LogP contribution in [0.25, 0.3) is 0 Å². The lowest BCUT2D eigenvalue weighted by atomic mass is 10.1. The average molecular weight is 271 g/mol. The van der Waals surface area contributed by atoms with Crippen LogP contribution in [0.15, 0.2) is 4.52 Å². The molecule has 1 rings (SSSR count). The van der Waals surface area contributed by atoms with Gasteiger partial charge in [0.2, 0.25) is 5.91 Å². The Morgan fingerprint density at radius 3 is 2.72 bits per heavy atom. The summed E-state index contributed by atoms with van der Waals surface area (Å²) >= 11 is 1.69. The number of aromatic nitrogens is 1. The van der Waals surface area contributed by atoms with Gasteiger partial charge < -0.3 is 15.2 Å². The third kappa shape index (κ3) is 3.74. The largest absolute Gasteiger partial charge is 0.361 e. The van der Waals surface area contributed by atoms with Gasteiger partial charge in [-0.15, -0.1) is 0 Å². The molecule has 0 spiro atoms. The summed E-state index contributed by atoms with van der Waals surface area (Å²) in [5.74, 6) is 1.61. The van der Waals surface area contributed by atoms with Gasteiger partial charge in [0.15, 0.2) is 0 Å². The van der Waals surface area contributed by atoms with Crippen LogP contribution in [-0.4, -0.2) is 41.1 Å². The van der Waals surface area contributed by atoms with E-state index >= 15 is 0 Å². The summed E-state index contributed by atoms with van der Waals surface area (Å²) in [5.41, 5.74) is 7.65. The van der Waals surface area contributed by atoms with Gasteiger partial charge >= 0.3 is 0 Å². The van der Waals surface area contributed by atoms with Gasteiger partial charge in [-0.3, -0.25) is 4.79 Å². The van der Waals surface area contributed by atoms with E-state index in [1.54, 1.807) is 23.7 Å². The SMILES string of the molecule is CSCC[C@H](N)C(=O)N(C)Cc1c(C)noc1C. The first-order valence-corrected chi connectivity index (χ1v) is 7.28. The number of rotatable bonds is 6. The first kappa shape index (κ1) is 15.0. The van der Waals surface area contributed by atoms with Gasteiger partial charge in [0.05, 0.1) is 18.3 Å². The minimum absolute atomic E-state index is 0.0379. The number of amides is 1. The highest BCUT2D eigenvalue weighted by molar-refractivity contribution is 7.98. The van der Waals surface area contributed by atoms with E-state index in [0.717, 1.165) is 22.8 Å². The molecular formula is C12H21N3O2S. The normalized spacial score (nSPS) is 12.5. The second kappa shape index (κ2) is 6.80. The van der Waals surface area contributed by atoms with E-state index in [-0.39, 0.29) is 5.91 Å². The van der Waals surface area contributed by atoms with Crippen LogP contribution in [0.2, 0.25) is 0 Å². The summed E-state index contributed by atoms with van der Waals surface area (Å²) < 4.78 is 5.08. The molecule has 102 valence electrons. The molecular weight excluding hydrogens is 250 g/mol. The molecule has 0 saturated carbocycles. The monoisotopic (exact) mass is 271 g/mol. The van der Waals surface area contributed by atoms with Crippen molar-refractivity contribution in [1.82, 2.24) is 10.1 Å². The highest BCUT2D eigenvalue weighted by Gasteiger charge is 2.20. The predicted octanol–water partition coefficient (Wildman–Crippen LogP) is 1.33. The van der Waals surface area contributed by atoms with Crippen LogP contribution in [0.4, 0.5) is 0 Å². The lowest BCUT2D eigenvalue weighted by Crippen LogP contribution is -2.41. The fraction of sp³-hybridized carbons (Fsp3) is 0.667. The van der Waals surface area contributed by atoms with Crippen LogP contribution in [0.5, 0.6) is 0 Å². The molecule has 0 unspecified atom stereocenters. The number of aryl methyl sites for hydroxylation is 2. The van der Waals surface area contributed by atoms with E-state index in [0.29, 0.717) is 13.0 Å². The fourth-order valence-corrected chi connectivity index (χ4v) is 2.18. The molecule has 18 heavy (non-hydrogen) atoms. The number of likely N-dealkylation sites (N-methyl/N-ethyl adjacent to an activating group) is 1. The second-order valence-corrected chi connectivity index (χ2v) is 5.37. The lowest BCUT2D eigenvalue weighted by molar-refractivity contribution is -0.131. The van der Waals surface area contributed by atoms with Crippen LogP contribution in [0.1, 0.15) is 23.4 Å². The smallest absolute Gasteiger partial charge is 0.239 e. The Morgan fingerprint density at radius 1 is 1.56 bits per heavy atom. The number of hydrogen-bond donors (Lipinski definition) is 1. The Bertz CT molecular complexity index is 387. The summed E-state index contributed by atoms with van der Waals surface area (Å²) in [7, 11) is 1.76. The molecule has 1 atom stereocenters. The third-order valence-corrected chi connectivity index (χ3v) is 3.55. The molecule has 0 fully saturated rings. The zero-order valence-electron chi connectivity index (χ0n) is 11.4. The molecule has 1 amide bonds. The highest BCUT2D eigenvalue weighted by Crippen LogP contribution is 2.14. The molecule has 1 heterocycles. The molecule has 0 aliphatic heterocycles. The van der Waals surface area contributed by atoms with E-state index in [1.807, 2.05) is 20.1 Å². The standard InChI is InChI=1S/C12H21N3O2S/c1-8-10(9(2)17-14-8)7-15(3)12(16)11(13)5-6-18-4/h11H,5-7,13H2,1-4H3/t11-/m0/s1. The number of carbonyl (C=O) groups is 1. The molecule has 0 bridgehead atoms. The number of carbonyl (C=O) groups excluding carboxylic acids is 1. The third-order valence-electron chi connectivity index (χ3n) is 2.90. The molecule has 0 saturated heterocycles. The molecule has 1 aromatic rings. The number of nitrogens with zero attached hydrogens (tertiary/aromatic N) is 2. The molecule has 2 N–H and O–H groups in total. The van der Waals surface area contributed by atoms with Gasteiger partial charge in [0, 0.05) is 12.6 Å². The number of nitrogens with two attached hydrogens (primary N) is 1. The van der Waals surface area contributed by atoms with Crippen LogP contribution >= 0.6 is 11.8 Å². The van der Waals surface area contributed by atoms with E-state index in [1.165, 1.54) is 0 Å². The van der Waals surface area contributed by atoms with Crippen molar-refractivity contribution in [1.29, 1.82) is 0 Å². The summed E-state index contributed by atoms with van der Waals surface area (Å²) in [6, 6.07) is -0.428.